The lowest BCUT2D eigenvalue weighted by molar-refractivity contribution is 0.280. The largest absolute Gasteiger partial charge is 0.392 e. The van der Waals surface area contributed by atoms with Crippen molar-refractivity contribution in [2.75, 3.05) is 0 Å². The summed E-state index contributed by atoms with van der Waals surface area (Å²) in [7, 11) is 0. The first-order valence-corrected chi connectivity index (χ1v) is 5.98. The summed E-state index contributed by atoms with van der Waals surface area (Å²) in [6.45, 7) is 3.88. The van der Waals surface area contributed by atoms with Gasteiger partial charge in [0.05, 0.1) is 16.4 Å². The van der Waals surface area contributed by atoms with Gasteiger partial charge in [-0.25, -0.2) is 9.67 Å². The van der Waals surface area contributed by atoms with Crippen LogP contribution in [0.5, 0.6) is 0 Å². The van der Waals surface area contributed by atoms with Crippen molar-refractivity contribution in [3.8, 4) is 5.82 Å². The van der Waals surface area contributed by atoms with Gasteiger partial charge in [0.1, 0.15) is 0 Å². The lowest BCUT2D eigenvalue weighted by Crippen LogP contribution is -2.06. The maximum absolute atomic E-state index is 9.38. The number of pyridine rings is 1. The predicted molar refractivity (Wildman–Crippen MR) is 69.5 cm³/mol. The zero-order chi connectivity index (χ0) is 11.7. The minimum absolute atomic E-state index is 0.0229. The summed E-state index contributed by atoms with van der Waals surface area (Å²) in [6.07, 6.45) is 3.65. The van der Waals surface area contributed by atoms with Crippen molar-refractivity contribution >= 4 is 22.6 Å². The van der Waals surface area contributed by atoms with Crippen LogP contribution in [0.4, 0.5) is 0 Å². The van der Waals surface area contributed by atoms with E-state index in [1.165, 1.54) is 0 Å². The average molecular weight is 329 g/mol. The third kappa shape index (κ3) is 2.10. The van der Waals surface area contributed by atoms with Gasteiger partial charge in [0.2, 0.25) is 0 Å². The summed E-state index contributed by atoms with van der Waals surface area (Å²) < 4.78 is 2.75. The zero-order valence-electron chi connectivity index (χ0n) is 9.11. The van der Waals surface area contributed by atoms with Crippen LogP contribution in [-0.4, -0.2) is 19.9 Å². The fraction of sp³-hybridized carbons (Fsp3) is 0.273. The summed E-state index contributed by atoms with van der Waals surface area (Å²) >= 11 is 2.19. The molecule has 84 valence electrons. The fourth-order valence-corrected chi connectivity index (χ4v) is 2.03. The monoisotopic (exact) mass is 329 g/mol. The molecule has 2 heterocycles. The van der Waals surface area contributed by atoms with E-state index in [0.29, 0.717) is 5.82 Å². The topological polar surface area (TPSA) is 50.9 Å². The third-order valence-electron chi connectivity index (χ3n) is 2.38. The molecule has 2 rings (SSSR count). The smallest absolute Gasteiger partial charge is 0.159 e. The quantitative estimate of drug-likeness (QED) is 0.858. The average Bonchev–Trinajstić information content (AvgIpc) is 2.63. The van der Waals surface area contributed by atoms with Crippen LogP contribution in [0.1, 0.15) is 16.8 Å². The number of aryl methyl sites for hydroxylation is 2. The molecule has 0 radical (unpaired) electrons. The standard InChI is InChI=1S/C11H12IN3O/c1-7-3-8(2)14-11(10(7)6-16)15-5-9(12)4-13-15/h3-5,16H,6H2,1-2H3. The SMILES string of the molecule is Cc1cc(C)c(CO)c(-n2cc(I)cn2)n1. The molecule has 0 fully saturated rings. The van der Waals surface area contributed by atoms with E-state index in [1.807, 2.05) is 26.1 Å². The summed E-state index contributed by atoms with van der Waals surface area (Å²) in [6, 6.07) is 1.96. The Morgan fingerprint density at radius 3 is 2.75 bits per heavy atom. The number of aliphatic hydroxyl groups is 1. The molecule has 0 spiro atoms. The van der Waals surface area contributed by atoms with Crippen LogP contribution in [0.2, 0.25) is 0 Å². The second kappa shape index (κ2) is 4.50. The van der Waals surface area contributed by atoms with Gasteiger partial charge in [-0.2, -0.15) is 5.10 Å². The van der Waals surface area contributed by atoms with E-state index < -0.39 is 0 Å². The normalized spacial score (nSPS) is 10.8. The number of nitrogens with zero attached hydrogens (tertiary/aromatic N) is 3. The van der Waals surface area contributed by atoms with Crippen molar-refractivity contribution in [3.63, 3.8) is 0 Å². The Bertz CT molecular complexity index is 522. The van der Waals surface area contributed by atoms with Gasteiger partial charge in [-0.05, 0) is 48.1 Å². The summed E-state index contributed by atoms with van der Waals surface area (Å²) in [4.78, 5) is 4.43. The van der Waals surface area contributed by atoms with E-state index in [1.54, 1.807) is 10.9 Å². The maximum atomic E-state index is 9.38. The van der Waals surface area contributed by atoms with E-state index in [2.05, 4.69) is 32.7 Å². The Kier molecular flexibility index (Phi) is 3.25. The minimum Gasteiger partial charge on any atom is -0.392 e. The third-order valence-corrected chi connectivity index (χ3v) is 2.94. The summed E-state index contributed by atoms with van der Waals surface area (Å²) in [5, 5.41) is 13.6. The first-order valence-electron chi connectivity index (χ1n) is 4.90. The molecule has 0 aliphatic heterocycles. The fourth-order valence-electron chi connectivity index (χ4n) is 1.65. The van der Waals surface area contributed by atoms with E-state index in [0.717, 1.165) is 20.4 Å². The highest BCUT2D eigenvalue weighted by molar-refractivity contribution is 14.1. The van der Waals surface area contributed by atoms with Gasteiger partial charge in [-0.15, -0.1) is 0 Å². The van der Waals surface area contributed by atoms with E-state index in [-0.39, 0.29) is 6.61 Å². The lowest BCUT2D eigenvalue weighted by atomic mass is 10.1. The van der Waals surface area contributed by atoms with Crippen LogP contribution < -0.4 is 0 Å². The molecule has 0 amide bonds. The molecule has 0 aliphatic rings. The van der Waals surface area contributed by atoms with Crippen molar-refractivity contribution in [3.05, 3.63) is 38.9 Å². The Morgan fingerprint density at radius 2 is 2.19 bits per heavy atom. The van der Waals surface area contributed by atoms with Gasteiger partial charge in [0.15, 0.2) is 5.82 Å². The van der Waals surface area contributed by atoms with Crippen LogP contribution >= 0.6 is 22.6 Å². The number of hydrogen-bond acceptors (Lipinski definition) is 3. The van der Waals surface area contributed by atoms with Crippen LogP contribution in [0.15, 0.2) is 18.5 Å². The van der Waals surface area contributed by atoms with Crippen LogP contribution in [0.3, 0.4) is 0 Å². The van der Waals surface area contributed by atoms with E-state index in [9.17, 15) is 5.11 Å². The van der Waals surface area contributed by atoms with Gasteiger partial charge in [-0.3, -0.25) is 0 Å². The molecule has 1 N–H and O–H groups in total. The van der Waals surface area contributed by atoms with Gasteiger partial charge >= 0.3 is 0 Å². The Morgan fingerprint density at radius 1 is 1.44 bits per heavy atom. The molecule has 2 aromatic heterocycles. The number of rotatable bonds is 2. The van der Waals surface area contributed by atoms with Gasteiger partial charge in [0.25, 0.3) is 0 Å². The molecule has 16 heavy (non-hydrogen) atoms. The molecule has 2 aromatic rings. The maximum Gasteiger partial charge on any atom is 0.159 e. The van der Waals surface area contributed by atoms with E-state index >= 15 is 0 Å². The Balaban J connectivity index is 2.63. The van der Waals surface area contributed by atoms with Crippen molar-refractivity contribution in [2.24, 2.45) is 0 Å². The molecule has 4 nitrogen and oxygen atoms in total. The first kappa shape index (κ1) is 11.5. The number of halogens is 1. The van der Waals surface area contributed by atoms with Crippen molar-refractivity contribution in [1.29, 1.82) is 0 Å². The van der Waals surface area contributed by atoms with Crippen molar-refractivity contribution < 1.29 is 5.11 Å². The Labute approximate surface area is 107 Å². The highest BCUT2D eigenvalue weighted by Gasteiger charge is 2.10. The van der Waals surface area contributed by atoms with Crippen LogP contribution in [0, 0.1) is 17.4 Å². The van der Waals surface area contributed by atoms with E-state index in [4.69, 9.17) is 0 Å². The highest BCUT2D eigenvalue weighted by atomic mass is 127. The highest BCUT2D eigenvalue weighted by Crippen LogP contribution is 2.18. The molecular weight excluding hydrogens is 317 g/mol. The molecule has 0 unspecified atom stereocenters. The van der Waals surface area contributed by atoms with Gasteiger partial charge < -0.3 is 5.11 Å². The van der Waals surface area contributed by atoms with Crippen molar-refractivity contribution in [1.82, 2.24) is 14.8 Å². The molecule has 0 atom stereocenters. The number of hydrogen-bond donors (Lipinski definition) is 1. The van der Waals surface area contributed by atoms with Crippen molar-refractivity contribution in [2.45, 2.75) is 20.5 Å². The molecule has 0 aliphatic carbocycles. The lowest BCUT2D eigenvalue weighted by Gasteiger charge is -2.10. The van der Waals surface area contributed by atoms with Crippen LogP contribution in [0.25, 0.3) is 5.82 Å². The summed E-state index contributed by atoms with van der Waals surface area (Å²) in [5.74, 6) is 0.711. The van der Waals surface area contributed by atoms with Crippen LogP contribution in [-0.2, 0) is 6.61 Å². The molecule has 0 aromatic carbocycles. The molecule has 0 bridgehead atoms. The number of aliphatic hydroxyl groups excluding tert-OH is 1. The molecular formula is C11H12IN3O. The second-order valence-electron chi connectivity index (χ2n) is 3.64. The summed E-state index contributed by atoms with van der Waals surface area (Å²) in [5.41, 5.74) is 2.79. The van der Waals surface area contributed by atoms with Gasteiger partial charge in [0, 0.05) is 17.5 Å². The zero-order valence-corrected chi connectivity index (χ0v) is 11.3. The Hall–Kier alpha value is -0.950. The number of aromatic nitrogens is 3. The van der Waals surface area contributed by atoms with Gasteiger partial charge in [-0.1, -0.05) is 0 Å². The predicted octanol–water partition coefficient (Wildman–Crippen LogP) is 1.98. The molecule has 0 saturated carbocycles. The minimum atomic E-state index is -0.0229. The first-order chi connectivity index (χ1) is 7.61. The second-order valence-corrected chi connectivity index (χ2v) is 4.89. The molecule has 5 heteroatoms. The molecule has 0 saturated heterocycles.